The first-order valence-corrected chi connectivity index (χ1v) is 11.0. The van der Waals surface area contributed by atoms with E-state index in [1.165, 1.54) is 6.21 Å². The van der Waals surface area contributed by atoms with Crippen molar-refractivity contribution in [3.63, 3.8) is 0 Å². The van der Waals surface area contributed by atoms with Crippen LogP contribution in [0.4, 0.5) is 5.69 Å². The summed E-state index contributed by atoms with van der Waals surface area (Å²) in [4.78, 5) is 27.5. The maximum atomic E-state index is 12.7. The van der Waals surface area contributed by atoms with E-state index in [0.29, 0.717) is 16.3 Å². The lowest BCUT2D eigenvalue weighted by molar-refractivity contribution is -0.123. The number of nitrogens with one attached hydrogen (secondary N) is 2. The average molecular weight is 459 g/mol. The van der Waals surface area contributed by atoms with Gasteiger partial charge < -0.3 is 15.0 Å². The molecular weight excluding hydrogens is 428 g/mol. The molecule has 1 unspecified atom stereocenters. The van der Waals surface area contributed by atoms with Crippen LogP contribution in [0, 0.1) is 5.92 Å². The van der Waals surface area contributed by atoms with Gasteiger partial charge in [0.05, 0.1) is 23.9 Å². The highest BCUT2D eigenvalue weighted by Crippen LogP contribution is 2.24. The third-order valence-electron chi connectivity index (χ3n) is 5.08. The van der Waals surface area contributed by atoms with E-state index in [0.717, 1.165) is 24.3 Å². The molecule has 0 aliphatic rings. The molecule has 8 heteroatoms. The lowest BCUT2D eigenvalue weighted by Gasteiger charge is -2.22. The molecular formula is C24H31ClN4O3. The summed E-state index contributed by atoms with van der Waals surface area (Å²) in [6.45, 7) is 9.65. The van der Waals surface area contributed by atoms with Crippen molar-refractivity contribution in [1.29, 1.82) is 0 Å². The summed E-state index contributed by atoms with van der Waals surface area (Å²) in [5.74, 6) is -0.336. The van der Waals surface area contributed by atoms with Gasteiger partial charge in [-0.3, -0.25) is 9.59 Å². The Morgan fingerprint density at radius 1 is 1.16 bits per heavy atom. The van der Waals surface area contributed by atoms with Gasteiger partial charge in [0.15, 0.2) is 0 Å². The normalized spacial score (nSPS) is 12.0. The SMILES string of the molecule is CCN(CC)c1ccc(/C=N/NC(=O)C(NC(=O)c2ccccc2Cl)C(C)C)c(OC)c1. The Kier molecular flexibility index (Phi) is 9.53. The number of halogens is 1. The highest BCUT2D eigenvalue weighted by Gasteiger charge is 2.25. The molecule has 0 aliphatic heterocycles. The van der Waals surface area contributed by atoms with Crippen molar-refractivity contribution in [3.05, 3.63) is 58.6 Å². The van der Waals surface area contributed by atoms with Crippen molar-refractivity contribution < 1.29 is 14.3 Å². The fourth-order valence-electron chi connectivity index (χ4n) is 3.23. The van der Waals surface area contributed by atoms with E-state index in [4.69, 9.17) is 16.3 Å². The Balaban J connectivity index is 2.10. The first-order chi connectivity index (χ1) is 15.3. The second-order valence-corrected chi connectivity index (χ2v) is 7.91. The Bertz CT molecular complexity index is 958. The summed E-state index contributed by atoms with van der Waals surface area (Å²) in [6, 6.07) is 11.7. The number of nitrogens with zero attached hydrogens (tertiary/aromatic N) is 2. The lowest BCUT2D eigenvalue weighted by atomic mass is 10.0. The first kappa shape index (κ1) is 25.2. The molecule has 0 aliphatic carbocycles. The van der Waals surface area contributed by atoms with Crippen molar-refractivity contribution in [2.24, 2.45) is 11.0 Å². The number of anilines is 1. The molecule has 172 valence electrons. The fourth-order valence-corrected chi connectivity index (χ4v) is 3.45. The topological polar surface area (TPSA) is 83.0 Å². The quantitative estimate of drug-likeness (QED) is 0.414. The third kappa shape index (κ3) is 6.47. The van der Waals surface area contributed by atoms with Crippen LogP contribution in [0.25, 0.3) is 0 Å². The van der Waals surface area contributed by atoms with E-state index < -0.39 is 17.9 Å². The molecule has 0 spiro atoms. The van der Waals surface area contributed by atoms with Gasteiger partial charge in [0.2, 0.25) is 0 Å². The van der Waals surface area contributed by atoms with Crippen LogP contribution in [0.3, 0.4) is 0 Å². The average Bonchev–Trinajstić information content (AvgIpc) is 2.78. The number of methoxy groups -OCH3 is 1. The van der Waals surface area contributed by atoms with Gasteiger partial charge in [-0.2, -0.15) is 5.10 Å². The van der Waals surface area contributed by atoms with Gasteiger partial charge in [-0.15, -0.1) is 0 Å². The predicted octanol–water partition coefficient (Wildman–Crippen LogP) is 4.10. The number of carbonyl (C=O) groups excluding carboxylic acids is 2. The standard InChI is InChI=1S/C24H31ClN4O3/c1-6-29(7-2)18-13-12-17(21(14-18)32-5)15-26-28-24(31)22(16(3)4)27-23(30)19-10-8-9-11-20(19)25/h8-16,22H,6-7H2,1-5H3,(H,27,30)(H,28,31)/b26-15+. The van der Waals surface area contributed by atoms with Gasteiger partial charge >= 0.3 is 0 Å². The third-order valence-corrected chi connectivity index (χ3v) is 5.41. The van der Waals surface area contributed by atoms with E-state index >= 15 is 0 Å². The molecule has 0 saturated heterocycles. The Morgan fingerprint density at radius 2 is 1.84 bits per heavy atom. The molecule has 2 rings (SSSR count). The van der Waals surface area contributed by atoms with Gasteiger partial charge in [-0.05, 0) is 44.0 Å². The van der Waals surface area contributed by atoms with Gasteiger partial charge in [-0.1, -0.05) is 37.6 Å². The number of carbonyl (C=O) groups is 2. The minimum Gasteiger partial charge on any atom is -0.496 e. The predicted molar refractivity (Wildman–Crippen MR) is 130 cm³/mol. The summed E-state index contributed by atoms with van der Waals surface area (Å²) in [5.41, 5.74) is 4.60. The maximum absolute atomic E-state index is 12.7. The highest BCUT2D eigenvalue weighted by atomic mass is 35.5. The summed E-state index contributed by atoms with van der Waals surface area (Å²) in [6.07, 6.45) is 1.52. The number of hydrogen-bond donors (Lipinski definition) is 2. The summed E-state index contributed by atoms with van der Waals surface area (Å²) < 4.78 is 5.48. The highest BCUT2D eigenvalue weighted by molar-refractivity contribution is 6.33. The van der Waals surface area contributed by atoms with E-state index in [1.54, 1.807) is 31.4 Å². The number of ether oxygens (including phenoxy) is 1. The molecule has 0 saturated carbocycles. The molecule has 0 radical (unpaired) electrons. The molecule has 0 aromatic heterocycles. The lowest BCUT2D eigenvalue weighted by Crippen LogP contribution is -2.48. The molecule has 1 atom stereocenters. The molecule has 32 heavy (non-hydrogen) atoms. The van der Waals surface area contributed by atoms with Crippen LogP contribution >= 0.6 is 11.6 Å². The molecule has 0 bridgehead atoms. The molecule has 2 aromatic rings. The molecule has 0 heterocycles. The molecule has 2 aromatic carbocycles. The summed E-state index contributed by atoms with van der Waals surface area (Å²) in [7, 11) is 1.59. The van der Waals surface area contributed by atoms with E-state index in [9.17, 15) is 9.59 Å². The van der Waals surface area contributed by atoms with Gasteiger partial charge in [0.1, 0.15) is 11.8 Å². The number of hydrogen-bond acceptors (Lipinski definition) is 5. The molecule has 0 fully saturated rings. The minimum absolute atomic E-state index is 0.153. The summed E-state index contributed by atoms with van der Waals surface area (Å²) in [5, 5.41) is 7.13. The zero-order valence-electron chi connectivity index (χ0n) is 19.2. The second-order valence-electron chi connectivity index (χ2n) is 7.51. The van der Waals surface area contributed by atoms with Gasteiger partial charge in [0, 0.05) is 30.4 Å². The monoisotopic (exact) mass is 458 g/mol. The van der Waals surface area contributed by atoms with Crippen LogP contribution in [0.1, 0.15) is 43.6 Å². The Labute approximate surface area is 194 Å². The van der Waals surface area contributed by atoms with E-state index in [-0.39, 0.29) is 5.92 Å². The van der Waals surface area contributed by atoms with Crippen LogP contribution in [-0.4, -0.2) is 44.3 Å². The minimum atomic E-state index is -0.775. The van der Waals surface area contributed by atoms with Crippen molar-refractivity contribution >= 4 is 35.3 Å². The van der Waals surface area contributed by atoms with Crippen molar-refractivity contribution in [1.82, 2.24) is 10.7 Å². The Morgan fingerprint density at radius 3 is 2.44 bits per heavy atom. The maximum Gasteiger partial charge on any atom is 0.262 e. The molecule has 2 N–H and O–H groups in total. The van der Waals surface area contributed by atoms with Crippen LogP contribution in [0.5, 0.6) is 5.75 Å². The zero-order valence-corrected chi connectivity index (χ0v) is 19.9. The Hall–Kier alpha value is -3.06. The van der Waals surface area contributed by atoms with Crippen molar-refractivity contribution in [2.75, 3.05) is 25.1 Å². The zero-order chi connectivity index (χ0) is 23.7. The molecule has 7 nitrogen and oxygen atoms in total. The number of amides is 2. The van der Waals surface area contributed by atoms with Crippen LogP contribution in [-0.2, 0) is 4.79 Å². The van der Waals surface area contributed by atoms with Crippen LogP contribution in [0.15, 0.2) is 47.6 Å². The van der Waals surface area contributed by atoms with Crippen LogP contribution in [0.2, 0.25) is 5.02 Å². The van der Waals surface area contributed by atoms with Crippen LogP contribution < -0.4 is 20.4 Å². The summed E-state index contributed by atoms with van der Waals surface area (Å²) >= 11 is 6.09. The van der Waals surface area contributed by atoms with Gasteiger partial charge in [0.25, 0.3) is 11.8 Å². The first-order valence-electron chi connectivity index (χ1n) is 10.6. The van der Waals surface area contributed by atoms with E-state index in [2.05, 4.69) is 34.6 Å². The van der Waals surface area contributed by atoms with Crippen molar-refractivity contribution in [2.45, 2.75) is 33.7 Å². The molecule has 2 amide bonds. The largest absolute Gasteiger partial charge is 0.496 e. The van der Waals surface area contributed by atoms with E-state index in [1.807, 2.05) is 32.0 Å². The van der Waals surface area contributed by atoms with Crippen molar-refractivity contribution in [3.8, 4) is 5.75 Å². The smallest absolute Gasteiger partial charge is 0.262 e. The number of rotatable bonds is 10. The van der Waals surface area contributed by atoms with Gasteiger partial charge in [-0.25, -0.2) is 5.43 Å². The number of benzene rings is 2. The fraction of sp³-hybridized carbons (Fsp3) is 0.375. The number of hydrazone groups is 1. The second kappa shape index (κ2) is 12.1.